The average molecular weight is 284 g/mol. The Morgan fingerprint density at radius 2 is 2.19 bits per heavy atom. The molecule has 1 aliphatic carbocycles. The van der Waals surface area contributed by atoms with Gasteiger partial charge in [-0.3, -0.25) is 4.68 Å². The van der Waals surface area contributed by atoms with E-state index in [4.69, 9.17) is 0 Å². The minimum atomic E-state index is 0.338. The van der Waals surface area contributed by atoms with E-state index in [2.05, 4.69) is 52.9 Å². The Morgan fingerprint density at radius 1 is 1.33 bits per heavy atom. The Kier molecular flexibility index (Phi) is 4.34. The van der Waals surface area contributed by atoms with Crippen LogP contribution < -0.4 is 5.32 Å². The van der Waals surface area contributed by atoms with Crippen LogP contribution >= 0.6 is 0 Å². The second-order valence-electron chi connectivity index (χ2n) is 6.34. The molecule has 0 bridgehead atoms. The van der Waals surface area contributed by atoms with Crippen molar-refractivity contribution in [2.75, 3.05) is 6.54 Å². The maximum absolute atomic E-state index is 3.99. The summed E-state index contributed by atoms with van der Waals surface area (Å²) >= 11 is 0. The fourth-order valence-electron chi connectivity index (χ4n) is 3.42. The first-order valence-electron chi connectivity index (χ1n) is 7.89. The quantitative estimate of drug-likeness (QED) is 0.829. The fourth-order valence-corrected chi connectivity index (χ4v) is 3.42. The van der Waals surface area contributed by atoms with Crippen LogP contribution in [0.1, 0.15) is 38.2 Å². The highest BCUT2D eigenvalue weighted by atomic mass is 15.4. The maximum Gasteiger partial charge on any atom is 0.0692 e. The lowest BCUT2D eigenvalue weighted by Crippen LogP contribution is -2.30. The van der Waals surface area contributed by atoms with E-state index in [0.717, 1.165) is 19.5 Å². The molecule has 2 unspecified atom stereocenters. The smallest absolute Gasteiger partial charge is 0.0692 e. The van der Waals surface area contributed by atoms with E-state index in [1.54, 1.807) is 6.20 Å². The highest BCUT2D eigenvalue weighted by Gasteiger charge is 2.35. The zero-order valence-electron chi connectivity index (χ0n) is 12.7. The minimum absolute atomic E-state index is 0.338. The number of hydrogen-bond acceptors (Lipinski definition) is 3. The zero-order chi connectivity index (χ0) is 14.5. The normalized spacial score (nSPS) is 25.3. The van der Waals surface area contributed by atoms with Gasteiger partial charge in [-0.25, -0.2) is 0 Å². The zero-order valence-corrected chi connectivity index (χ0v) is 12.7. The molecule has 112 valence electrons. The van der Waals surface area contributed by atoms with Crippen LogP contribution in [0.25, 0.3) is 0 Å². The molecule has 1 aromatic heterocycles. The second-order valence-corrected chi connectivity index (χ2v) is 6.34. The van der Waals surface area contributed by atoms with Gasteiger partial charge in [-0.2, -0.15) is 0 Å². The van der Waals surface area contributed by atoms with E-state index in [0.29, 0.717) is 11.5 Å². The molecule has 1 fully saturated rings. The Morgan fingerprint density at radius 3 is 2.95 bits per heavy atom. The first-order valence-corrected chi connectivity index (χ1v) is 7.89. The van der Waals surface area contributed by atoms with E-state index in [-0.39, 0.29) is 0 Å². The van der Waals surface area contributed by atoms with Crippen molar-refractivity contribution < 1.29 is 0 Å². The molecule has 21 heavy (non-hydrogen) atoms. The van der Waals surface area contributed by atoms with E-state index < -0.39 is 0 Å². The standard InChI is InChI=1S/C17H24N4/c1-17(15-6-3-2-4-7-15)9-8-16(14-17)18-10-5-12-21-13-11-19-20-21/h2-4,6-7,11,13,16,18H,5,8-10,12,14H2,1H3. The minimum Gasteiger partial charge on any atom is -0.314 e. The van der Waals surface area contributed by atoms with Crippen molar-refractivity contribution in [1.29, 1.82) is 0 Å². The molecule has 0 amide bonds. The highest BCUT2D eigenvalue weighted by molar-refractivity contribution is 5.26. The first-order chi connectivity index (χ1) is 10.3. The third kappa shape index (κ3) is 3.50. The molecule has 0 saturated heterocycles. The van der Waals surface area contributed by atoms with Crippen LogP contribution in [0.3, 0.4) is 0 Å². The second kappa shape index (κ2) is 6.39. The molecule has 0 radical (unpaired) electrons. The Labute approximate surface area is 126 Å². The number of hydrogen-bond donors (Lipinski definition) is 1. The lowest BCUT2D eigenvalue weighted by Gasteiger charge is -2.25. The SMILES string of the molecule is CC1(c2ccccc2)CCC(NCCCn2ccnn2)C1. The van der Waals surface area contributed by atoms with Gasteiger partial charge in [0.15, 0.2) is 0 Å². The van der Waals surface area contributed by atoms with Gasteiger partial charge in [-0.05, 0) is 43.2 Å². The summed E-state index contributed by atoms with van der Waals surface area (Å²) in [5.74, 6) is 0. The molecule has 1 N–H and O–H groups in total. The summed E-state index contributed by atoms with van der Waals surface area (Å²) in [4.78, 5) is 0. The van der Waals surface area contributed by atoms with Gasteiger partial charge in [0.05, 0.1) is 6.20 Å². The Bertz CT molecular complexity index is 537. The number of nitrogens with zero attached hydrogens (tertiary/aromatic N) is 3. The largest absolute Gasteiger partial charge is 0.314 e. The summed E-state index contributed by atoms with van der Waals surface area (Å²) in [6.07, 6.45) is 8.53. The molecule has 3 rings (SSSR count). The van der Waals surface area contributed by atoms with E-state index in [1.807, 2.05) is 10.9 Å². The van der Waals surface area contributed by atoms with Gasteiger partial charge in [0, 0.05) is 18.8 Å². The molecule has 0 spiro atoms. The molecule has 1 aromatic carbocycles. The lowest BCUT2D eigenvalue weighted by molar-refractivity contribution is 0.440. The van der Waals surface area contributed by atoms with Crippen molar-refractivity contribution in [1.82, 2.24) is 20.3 Å². The molecule has 1 saturated carbocycles. The predicted molar refractivity (Wildman–Crippen MR) is 84.1 cm³/mol. The molecule has 4 nitrogen and oxygen atoms in total. The van der Waals surface area contributed by atoms with Gasteiger partial charge in [-0.15, -0.1) is 5.10 Å². The fraction of sp³-hybridized carbons (Fsp3) is 0.529. The lowest BCUT2D eigenvalue weighted by atomic mass is 9.81. The van der Waals surface area contributed by atoms with Crippen LogP contribution in [-0.4, -0.2) is 27.6 Å². The van der Waals surface area contributed by atoms with Gasteiger partial charge in [0.25, 0.3) is 0 Å². The average Bonchev–Trinajstić information content (AvgIpc) is 3.15. The van der Waals surface area contributed by atoms with Crippen molar-refractivity contribution in [3.05, 3.63) is 48.3 Å². The summed E-state index contributed by atoms with van der Waals surface area (Å²) < 4.78 is 1.89. The van der Waals surface area contributed by atoms with Crippen LogP contribution in [0.4, 0.5) is 0 Å². The maximum atomic E-state index is 3.99. The third-order valence-corrected chi connectivity index (χ3v) is 4.68. The third-order valence-electron chi connectivity index (χ3n) is 4.68. The van der Waals surface area contributed by atoms with Crippen LogP contribution in [-0.2, 0) is 12.0 Å². The van der Waals surface area contributed by atoms with E-state index in [1.165, 1.54) is 24.8 Å². The summed E-state index contributed by atoms with van der Waals surface area (Å²) in [7, 11) is 0. The van der Waals surface area contributed by atoms with Crippen LogP contribution in [0.2, 0.25) is 0 Å². The number of benzene rings is 1. The number of nitrogens with one attached hydrogen (secondary N) is 1. The van der Waals surface area contributed by atoms with Crippen molar-refractivity contribution in [3.63, 3.8) is 0 Å². The summed E-state index contributed by atoms with van der Waals surface area (Å²) in [5, 5.41) is 11.5. The van der Waals surface area contributed by atoms with Gasteiger partial charge in [0.1, 0.15) is 0 Å². The van der Waals surface area contributed by atoms with E-state index >= 15 is 0 Å². The van der Waals surface area contributed by atoms with Gasteiger partial charge in [-0.1, -0.05) is 42.5 Å². The molecule has 2 aromatic rings. The molecule has 4 heteroatoms. The predicted octanol–water partition coefficient (Wildman–Crippen LogP) is 2.77. The molecule has 1 heterocycles. The molecular formula is C17H24N4. The molecule has 0 aliphatic heterocycles. The van der Waals surface area contributed by atoms with Gasteiger partial charge >= 0.3 is 0 Å². The topological polar surface area (TPSA) is 42.7 Å². The van der Waals surface area contributed by atoms with Gasteiger partial charge in [0.2, 0.25) is 0 Å². The van der Waals surface area contributed by atoms with Crippen LogP contribution in [0.5, 0.6) is 0 Å². The van der Waals surface area contributed by atoms with Crippen LogP contribution in [0, 0.1) is 0 Å². The number of aromatic nitrogens is 3. The van der Waals surface area contributed by atoms with Gasteiger partial charge < -0.3 is 5.32 Å². The molecule has 2 atom stereocenters. The summed E-state index contributed by atoms with van der Waals surface area (Å²) in [6, 6.07) is 11.6. The summed E-state index contributed by atoms with van der Waals surface area (Å²) in [5.41, 5.74) is 1.82. The number of rotatable bonds is 6. The van der Waals surface area contributed by atoms with Crippen molar-refractivity contribution >= 4 is 0 Å². The van der Waals surface area contributed by atoms with Crippen molar-refractivity contribution in [2.24, 2.45) is 0 Å². The summed E-state index contributed by atoms with van der Waals surface area (Å²) in [6.45, 7) is 4.39. The highest BCUT2D eigenvalue weighted by Crippen LogP contribution is 2.40. The van der Waals surface area contributed by atoms with Crippen LogP contribution in [0.15, 0.2) is 42.7 Å². The molecule has 1 aliphatic rings. The first kappa shape index (κ1) is 14.3. The van der Waals surface area contributed by atoms with Crippen molar-refractivity contribution in [3.8, 4) is 0 Å². The van der Waals surface area contributed by atoms with E-state index in [9.17, 15) is 0 Å². The number of aryl methyl sites for hydroxylation is 1. The molecular weight excluding hydrogens is 260 g/mol. The monoisotopic (exact) mass is 284 g/mol. The Hall–Kier alpha value is -1.68. The Balaban J connectivity index is 1.44. The van der Waals surface area contributed by atoms with Crippen molar-refractivity contribution in [2.45, 2.75) is 50.6 Å².